The van der Waals surface area contributed by atoms with E-state index in [-0.39, 0.29) is 11.9 Å². The lowest BCUT2D eigenvalue weighted by Gasteiger charge is -2.10. The summed E-state index contributed by atoms with van der Waals surface area (Å²) in [6, 6.07) is 7.82. The van der Waals surface area contributed by atoms with Crippen LogP contribution in [0.2, 0.25) is 0 Å². The van der Waals surface area contributed by atoms with Crippen LogP contribution in [0, 0.1) is 5.92 Å². The fourth-order valence-corrected chi connectivity index (χ4v) is 1.46. The highest BCUT2D eigenvalue weighted by Gasteiger charge is 2.11. The van der Waals surface area contributed by atoms with Crippen molar-refractivity contribution in [2.45, 2.75) is 13.5 Å². The molecule has 0 spiro atoms. The lowest BCUT2D eigenvalue weighted by Crippen LogP contribution is -2.26. The Labute approximate surface area is 102 Å². The maximum atomic E-state index is 11.2. The van der Waals surface area contributed by atoms with Gasteiger partial charge in [0.1, 0.15) is 5.75 Å². The van der Waals surface area contributed by atoms with Crippen LogP contribution >= 0.6 is 0 Å². The lowest BCUT2D eigenvalue weighted by molar-refractivity contribution is -0.144. The molecule has 0 aliphatic rings. The first kappa shape index (κ1) is 13.5. The number of nitrogens with one attached hydrogen (secondary N) is 1. The van der Waals surface area contributed by atoms with E-state index in [1.807, 2.05) is 31.2 Å². The van der Waals surface area contributed by atoms with E-state index in [0.29, 0.717) is 6.54 Å². The second kappa shape index (κ2) is 6.91. The molecule has 0 radical (unpaired) electrons. The van der Waals surface area contributed by atoms with Crippen molar-refractivity contribution in [3.05, 3.63) is 29.8 Å². The molecule has 1 atom stereocenters. The molecule has 1 aromatic carbocycles. The van der Waals surface area contributed by atoms with Gasteiger partial charge < -0.3 is 14.8 Å². The van der Waals surface area contributed by atoms with Crippen LogP contribution < -0.4 is 10.1 Å². The maximum absolute atomic E-state index is 11.2. The normalized spacial score (nSPS) is 11.9. The van der Waals surface area contributed by atoms with Crippen LogP contribution in [-0.2, 0) is 16.1 Å². The van der Waals surface area contributed by atoms with Crippen LogP contribution in [0.3, 0.4) is 0 Å². The van der Waals surface area contributed by atoms with E-state index in [0.717, 1.165) is 17.9 Å². The third-order valence-corrected chi connectivity index (χ3v) is 2.54. The summed E-state index contributed by atoms with van der Waals surface area (Å²) in [6.07, 6.45) is 0. The largest absolute Gasteiger partial charge is 0.497 e. The first-order valence-corrected chi connectivity index (χ1v) is 5.59. The smallest absolute Gasteiger partial charge is 0.309 e. The molecular weight excluding hydrogens is 218 g/mol. The standard InChI is InChI=1S/C13H19NO3/c1-10(13(15)17-3)8-14-9-11-4-6-12(16-2)7-5-11/h4-7,10,14H,8-9H2,1-3H3/t10-/m0/s1. The maximum Gasteiger partial charge on any atom is 0.309 e. The molecule has 0 amide bonds. The summed E-state index contributed by atoms with van der Waals surface area (Å²) in [5.41, 5.74) is 1.16. The first-order chi connectivity index (χ1) is 8.17. The highest BCUT2D eigenvalue weighted by Crippen LogP contribution is 2.11. The van der Waals surface area contributed by atoms with Crippen LogP contribution in [-0.4, -0.2) is 26.7 Å². The molecule has 0 bridgehead atoms. The first-order valence-electron chi connectivity index (χ1n) is 5.59. The average Bonchev–Trinajstić information content (AvgIpc) is 2.38. The van der Waals surface area contributed by atoms with Gasteiger partial charge in [-0.05, 0) is 17.7 Å². The van der Waals surface area contributed by atoms with Crippen molar-refractivity contribution in [2.24, 2.45) is 5.92 Å². The van der Waals surface area contributed by atoms with E-state index in [4.69, 9.17) is 4.74 Å². The second-order valence-electron chi connectivity index (χ2n) is 3.90. The Morgan fingerprint density at radius 1 is 1.29 bits per heavy atom. The molecule has 4 heteroatoms. The van der Waals surface area contributed by atoms with E-state index in [9.17, 15) is 4.79 Å². The number of carbonyl (C=O) groups is 1. The average molecular weight is 237 g/mol. The van der Waals surface area contributed by atoms with Crippen LogP contribution in [0.5, 0.6) is 5.75 Å². The van der Waals surface area contributed by atoms with Gasteiger partial charge in [0.25, 0.3) is 0 Å². The summed E-state index contributed by atoms with van der Waals surface area (Å²) in [5, 5.41) is 3.21. The number of hydrogen-bond donors (Lipinski definition) is 1. The Morgan fingerprint density at radius 2 is 1.94 bits per heavy atom. The molecule has 1 N–H and O–H groups in total. The van der Waals surface area contributed by atoms with Crippen molar-refractivity contribution in [1.82, 2.24) is 5.32 Å². The molecule has 0 aliphatic heterocycles. The highest BCUT2D eigenvalue weighted by atomic mass is 16.5. The third-order valence-electron chi connectivity index (χ3n) is 2.54. The Balaban J connectivity index is 2.33. The quantitative estimate of drug-likeness (QED) is 0.763. The van der Waals surface area contributed by atoms with Crippen molar-refractivity contribution in [3.8, 4) is 5.75 Å². The molecule has 0 fully saturated rings. The van der Waals surface area contributed by atoms with Crippen molar-refractivity contribution in [3.63, 3.8) is 0 Å². The molecule has 1 rings (SSSR count). The number of carbonyl (C=O) groups excluding carboxylic acids is 1. The van der Waals surface area contributed by atoms with Crippen molar-refractivity contribution in [2.75, 3.05) is 20.8 Å². The number of benzene rings is 1. The molecule has 0 heterocycles. The van der Waals surface area contributed by atoms with E-state index >= 15 is 0 Å². The van der Waals surface area contributed by atoms with Crippen molar-refractivity contribution >= 4 is 5.97 Å². The van der Waals surface area contributed by atoms with Crippen LogP contribution in [0.1, 0.15) is 12.5 Å². The Morgan fingerprint density at radius 3 is 2.47 bits per heavy atom. The molecule has 17 heavy (non-hydrogen) atoms. The van der Waals surface area contributed by atoms with Gasteiger partial charge in [0, 0.05) is 13.1 Å². The molecular formula is C13H19NO3. The molecule has 0 unspecified atom stereocenters. The van der Waals surface area contributed by atoms with Gasteiger partial charge in [-0.25, -0.2) is 0 Å². The lowest BCUT2D eigenvalue weighted by atomic mass is 10.1. The minimum atomic E-state index is -0.188. The number of ether oxygens (including phenoxy) is 2. The second-order valence-corrected chi connectivity index (χ2v) is 3.90. The molecule has 0 aromatic heterocycles. The summed E-state index contributed by atoms with van der Waals surface area (Å²) < 4.78 is 9.73. The van der Waals surface area contributed by atoms with E-state index in [1.165, 1.54) is 7.11 Å². The predicted molar refractivity (Wildman–Crippen MR) is 65.9 cm³/mol. The van der Waals surface area contributed by atoms with Crippen LogP contribution in [0.15, 0.2) is 24.3 Å². The summed E-state index contributed by atoms with van der Waals surface area (Å²) in [6.45, 7) is 3.18. The summed E-state index contributed by atoms with van der Waals surface area (Å²) >= 11 is 0. The van der Waals surface area contributed by atoms with Gasteiger partial charge in [-0.15, -0.1) is 0 Å². The third kappa shape index (κ3) is 4.44. The Hall–Kier alpha value is -1.55. The van der Waals surface area contributed by atoms with E-state index < -0.39 is 0 Å². The molecule has 0 saturated heterocycles. The summed E-state index contributed by atoms with van der Waals surface area (Å²) in [4.78, 5) is 11.2. The van der Waals surface area contributed by atoms with Crippen LogP contribution in [0.25, 0.3) is 0 Å². The van der Waals surface area contributed by atoms with E-state index in [1.54, 1.807) is 7.11 Å². The zero-order chi connectivity index (χ0) is 12.7. The van der Waals surface area contributed by atoms with Crippen molar-refractivity contribution in [1.29, 1.82) is 0 Å². The van der Waals surface area contributed by atoms with Gasteiger partial charge in [-0.2, -0.15) is 0 Å². The summed E-state index contributed by atoms with van der Waals surface area (Å²) in [5.74, 6) is 0.530. The zero-order valence-corrected chi connectivity index (χ0v) is 10.5. The van der Waals surface area contributed by atoms with Gasteiger partial charge in [0.05, 0.1) is 20.1 Å². The van der Waals surface area contributed by atoms with Gasteiger partial charge in [0.2, 0.25) is 0 Å². The topological polar surface area (TPSA) is 47.6 Å². The van der Waals surface area contributed by atoms with Crippen LogP contribution in [0.4, 0.5) is 0 Å². The fourth-order valence-electron chi connectivity index (χ4n) is 1.46. The molecule has 4 nitrogen and oxygen atoms in total. The monoisotopic (exact) mass is 237 g/mol. The number of hydrogen-bond acceptors (Lipinski definition) is 4. The SMILES string of the molecule is COC(=O)[C@@H](C)CNCc1ccc(OC)cc1. The van der Waals surface area contributed by atoms with E-state index in [2.05, 4.69) is 10.1 Å². The number of esters is 1. The Bertz CT molecular complexity index is 348. The van der Waals surface area contributed by atoms with Gasteiger partial charge in [0.15, 0.2) is 0 Å². The fraction of sp³-hybridized carbons (Fsp3) is 0.462. The minimum absolute atomic E-state index is 0.127. The minimum Gasteiger partial charge on any atom is -0.497 e. The molecule has 94 valence electrons. The highest BCUT2D eigenvalue weighted by molar-refractivity contribution is 5.72. The molecule has 0 saturated carbocycles. The molecule has 0 aliphatic carbocycles. The van der Waals surface area contributed by atoms with Gasteiger partial charge >= 0.3 is 5.97 Å². The van der Waals surface area contributed by atoms with Gasteiger partial charge in [-0.1, -0.05) is 19.1 Å². The Kier molecular flexibility index (Phi) is 5.49. The molecule has 1 aromatic rings. The number of methoxy groups -OCH3 is 2. The number of rotatable bonds is 6. The predicted octanol–water partition coefficient (Wildman–Crippen LogP) is 1.59. The van der Waals surface area contributed by atoms with Gasteiger partial charge in [-0.3, -0.25) is 4.79 Å². The zero-order valence-electron chi connectivity index (χ0n) is 10.5. The van der Waals surface area contributed by atoms with Crippen molar-refractivity contribution < 1.29 is 14.3 Å². The summed E-state index contributed by atoms with van der Waals surface area (Å²) in [7, 11) is 3.05.